The van der Waals surface area contributed by atoms with Crippen LogP contribution in [0.2, 0.25) is 0 Å². The Hall–Kier alpha value is -2.89. The highest BCUT2D eigenvalue weighted by atomic mass is 16.6. The second-order valence-electron chi connectivity index (χ2n) is 4.31. The summed E-state index contributed by atoms with van der Waals surface area (Å²) in [5.41, 5.74) is 1.08. The first-order chi connectivity index (χ1) is 10.7. The summed E-state index contributed by atoms with van der Waals surface area (Å²) in [6, 6.07) is 10.0. The fourth-order valence-electron chi connectivity index (χ4n) is 1.72. The molecule has 0 unspecified atom stereocenters. The van der Waals surface area contributed by atoms with E-state index in [9.17, 15) is 9.59 Å². The molecule has 6 nitrogen and oxygen atoms in total. The molecule has 1 N–H and O–H groups in total. The zero-order chi connectivity index (χ0) is 15.8. The zero-order valence-electron chi connectivity index (χ0n) is 12.1. The third-order valence-corrected chi connectivity index (χ3v) is 2.70. The Labute approximate surface area is 128 Å². The number of benzene rings is 1. The lowest BCUT2D eigenvalue weighted by molar-refractivity contribution is -0.145. The van der Waals surface area contributed by atoms with Gasteiger partial charge in [0.25, 0.3) is 5.91 Å². The van der Waals surface area contributed by atoms with Crippen LogP contribution in [0.4, 0.5) is 5.69 Å². The van der Waals surface area contributed by atoms with Gasteiger partial charge in [-0.2, -0.15) is 0 Å². The Morgan fingerprint density at radius 3 is 2.68 bits per heavy atom. The number of hydrogen-bond acceptors (Lipinski definition) is 5. The molecule has 0 aliphatic rings. The maximum Gasteiger partial charge on any atom is 0.344 e. The number of aromatic nitrogens is 1. The summed E-state index contributed by atoms with van der Waals surface area (Å²) in [6.07, 6.45) is 3.10. The van der Waals surface area contributed by atoms with E-state index < -0.39 is 5.97 Å². The number of amides is 1. The predicted molar refractivity (Wildman–Crippen MR) is 80.8 cm³/mol. The van der Waals surface area contributed by atoms with E-state index in [0.29, 0.717) is 23.6 Å². The lowest BCUT2D eigenvalue weighted by Crippen LogP contribution is -2.15. The largest absolute Gasteiger partial charge is 0.482 e. The first-order valence-electron chi connectivity index (χ1n) is 6.79. The van der Waals surface area contributed by atoms with Crippen molar-refractivity contribution in [3.8, 4) is 5.75 Å². The molecular formula is C16H16N2O4. The van der Waals surface area contributed by atoms with Crippen LogP contribution < -0.4 is 10.1 Å². The molecular weight excluding hydrogens is 284 g/mol. The molecule has 0 fully saturated rings. The maximum atomic E-state index is 12.0. The van der Waals surface area contributed by atoms with Gasteiger partial charge in [0.05, 0.1) is 6.61 Å². The number of carbonyl (C=O) groups excluding carboxylic acids is 2. The first kappa shape index (κ1) is 15.5. The van der Waals surface area contributed by atoms with E-state index >= 15 is 0 Å². The summed E-state index contributed by atoms with van der Waals surface area (Å²) in [7, 11) is 0. The van der Waals surface area contributed by atoms with Gasteiger partial charge >= 0.3 is 5.97 Å². The molecule has 1 aromatic heterocycles. The van der Waals surface area contributed by atoms with Crippen LogP contribution in [0.1, 0.15) is 17.3 Å². The normalized spacial score (nSPS) is 9.86. The quantitative estimate of drug-likeness (QED) is 0.828. The number of esters is 1. The summed E-state index contributed by atoms with van der Waals surface area (Å²) in [5.74, 6) is -0.209. The van der Waals surface area contributed by atoms with Gasteiger partial charge in [0.2, 0.25) is 0 Å². The number of nitrogens with one attached hydrogen (secondary N) is 1. The Kier molecular flexibility index (Phi) is 5.48. The van der Waals surface area contributed by atoms with Crippen molar-refractivity contribution in [3.63, 3.8) is 0 Å². The average Bonchev–Trinajstić information content (AvgIpc) is 2.54. The number of nitrogens with zero attached hydrogens (tertiary/aromatic N) is 1. The predicted octanol–water partition coefficient (Wildman–Crippen LogP) is 2.28. The third-order valence-electron chi connectivity index (χ3n) is 2.70. The molecule has 0 spiro atoms. The minimum Gasteiger partial charge on any atom is -0.482 e. The molecule has 0 bridgehead atoms. The molecule has 0 aliphatic carbocycles. The van der Waals surface area contributed by atoms with Crippen LogP contribution in [0.5, 0.6) is 5.75 Å². The Morgan fingerprint density at radius 2 is 1.95 bits per heavy atom. The molecule has 1 amide bonds. The van der Waals surface area contributed by atoms with Gasteiger partial charge in [0, 0.05) is 29.7 Å². The Balaban J connectivity index is 1.96. The summed E-state index contributed by atoms with van der Waals surface area (Å²) >= 11 is 0. The summed E-state index contributed by atoms with van der Waals surface area (Å²) in [6.45, 7) is 1.87. The number of anilines is 1. The summed E-state index contributed by atoms with van der Waals surface area (Å²) < 4.78 is 10.1. The van der Waals surface area contributed by atoms with Crippen molar-refractivity contribution in [3.05, 3.63) is 54.4 Å². The van der Waals surface area contributed by atoms with Crippen molar-refractivity contribution in [2.75, 3.05) is 18.5 Å². The van der Waals surface area contributed by atoms with Crippen molar-refractivity contribution in [2.45, 2.75) is 6.92 Å². The maximum absolute atomic E-state index is 12.0. The molecule has 1 aromatic carbocycles. The molecule has 0 radical (unpaired) electrons. The van der Waals surface area contributed by atoms with Gasteiger partial charge in [0.1, 0.15) is 5.75 Å². The molecule has 1 heterocycles. The van der Waals surface area contributed by atoms with Gasteiger partial charge < -0.3 is 14.8 Å². The number of ether oxygens (including phenoxy) is 2. The monoisotopic (exact) mass is 300 g/mol. The minimum atomic E-state index is -0.436. The number of pyridine rings is 1. The number of carbonyl (C=O) groups is 2. The lowest BCUT2D eigenvalue weighted by Gasteiger charge is -2.09. The van der Waals surface area contributed by atoms with Gasteiger partial charge in [-0.05, 0) is 31.2 Å². The highest BCUT2D eigenvalue weighted by Gasteiger charge is 2.07. The molecule has 0 aliphatic heterocycles. The third kappa shape index (κ3) is 4.59. The summed E-state index contributed by atoms with van der Waals surface area (Å²) in [5, 5.41) is 2.75. The lowest BCUT2D eigenvalue weighted by atomic mass is 10.2. The van der Waals surface area contributed by atoms with Crippen molar-refractivity contribution in [1.82, 2.24) is 4.98 Å². The second-order valence-corrected chi connectivity index (χ2v) is 4.31. The van der Waals surface area contributed by atoms with Crippen LogP contribution >= 0.6 is 0 Å². The summed E-state index contributed by atoms with van der Waals surface area (Å²) in [4.78, 5) is 27.1. The van der Waals surface area contributed by atoms with E-state index in [2.05, 4.69) is 10.3 Å². The van der Waals surface area contributed by atoms with E-state index in [1.54, 1.807) is 55.7 Å². The molecule has 0 saturated carbocycles. The Morgan fingerprint density at radius 1 is 1.18 bits per heavy atom. The SMILES string of the molecule is CCOC(=O)COc1cccc(NC(=O)c2ccncc2)c1. The van der Waals surface area contributed by atoms with Gasteiger partial charge in [-0.1, -0.05) is 6.07 Å². The van der Waals surface area contributed by atoms with E-state index in [-0.39, 0.29) is 12.5 Å². The zero-order valence-corrected chi connectivity index (χ0v) is 12.1. The fraction of sp³-hybridized carbons (Fsp3) is 0.188. The Bertz CT molecular complexity index is 644. The highest BCUT2D eigenvalue weighted by molar-refractivity contribution is 6.04. The van der Waals surface area contributed by atoms with Crippen LogP contribution in [0.15, 0.2) is 48.8 Å². The highest BCUT2D eigenvalue weighted by Crippen LogP contribution is 2.18. The van der Waals surface area contributed by atoms with E-state index in [0.717, 1.165) is 0 Å². The fourth-order valence-corrected chi connectivity index (χ4v) is 1.72. The van der Waals surface area contributed by atoms with Gasteiger partial charge in [-0.3, -0.25) is 9.78 Å². The van der Waals surface area contributed by atoms with Crippen LogP contribution in [0.3, 0.4) is 0 Å². The average molecular weight is 300 g/mol. The minimum absolute atomic E-state index is 0.171. The molecule has 6 heteroatoms. The van der Waals surface area contributed by atoms with Crippen molar-refractivity contribution >= 4 is 17.6 Å². The molecule has 2 aromatic rings. The van der Waals surface area contributed by atoms with Crippen LogP contribution in [-0.2, 0) is 9.53 Å². The number of hydrogen-bond donors (Lipinski definition) is 1. The topological polar surface area (TPSA) is 77.5 Å². The van der Waals surface area contributed by atoms with Crippen molar-refractivity contribution in [2.24, 2.45) is 0 Å². The van der Waals surface area contributed by atoms with E-state index in [1.807, 2.05) is 0 Å². The smallest absolute Gasteiger partial charge is 0.344 e. The second kappa shape index (κ2) is 7.78. The van der Waals surface area contributed by atoms with Crippen LogP contribution in [0, 0.1) is 0 Å². The van der Waals surface area contributed by atoms with Gasteiger partial charge in [-0.15, -0.1) is 0 Å². The van der Waals surface area contributed by atoms with E-state index in [4.69, 9.17) is 9.47 Å². The molecule has 2 rings (SSSR count). The molecule has 0 atom stereocenters. The number of rotatable bonds is 6. The van der Waals surface area contributed by atoms with Crippen LogP contribution in [0.25, 0.3) is 0 Å². The van der Waals surface area contributed by atoms with Gasteiger partial charge in [-0.25, -0.2) is 4.79 Å². The van der Waals surface area contributed by atoms with Crippen molar-refractivity contribution < 1.29 is 19.1 Å². The van der Waals surface area contributed by atoms with Gasteiger partial charge in [0.15, 0.2) is 6.61 Å². The van der Waals surface area contributed by atoms with Crippen molar-refractivity contribution in [1.29, 1.82) is 0 Å². The van der Waals surface area contributed by atoms with Crippen LogP contribution in [-0.4, -0.2) is 30.1 Å². The molecule has 22 heavy (non-hydrogen) atoms. The molecule has 0 saturated heterocycles. The molecule has 114 valence electrons. The standard InChI is InChI=1S/C16H16N2O4/c1-2-21-15(19)11-22-14-5-3-4-13(10-14)18-16(20)12-6-8-17-9-7-12/h3-10H,2,11H2,1H3,(H,18,20). The van der Waals surface area contributed by atoms with E-state index in [1.165, 1.54) is 0 Å². The first-order valence-corrected chi connectivity index (χ1v) is 6.79.